The number of hydrogen-bond acceptors (Lipinski definition) is 2. The third-order valence-electron chi connectivity index (χ3n) is 1.88. The zero-order chi connectivity index (χ0) is 11.4. The molecule has 0 atom stereocenters. The first-order valence-electron chi connectivity index (χ1n) is 4.18. The maximum atomic E-state index is 12.6. The normalized spacial score (nSPS) is 9.80. The van der Waals surface area contributed by atoms with Gasteiger partial charge in [0.15, 0.2) is 0 Å². The monoisotopic (exact) mass is 229 g/mol. The Hall–Kier alpha value is -1.42. The van der Waals surface area contributed by atoms with Gasteiger partial charge in [0.25, 0.3) is 5.91 Å². The minimum atomic E-state index is -0.499. The lowest BCUT2D eigenvalue weighted by Gasteiger charge is -2.13. The summed E-state index contributed by atoms with van der Waals surface area (Å²) in [5.41, 5.74) is 0.248. The number of amides is 2. The largest absolute Gasteiger partial charge is 0.281 e. The maximum Gasteiger partial charge on any atom is 0.260 e. The average Bonchev–Trinajstić information content (AvgIpc) is 2.27. The van der Waals surface area contributed by atoms with Gasteiger partial charge in [-0.2, -0.15) is 0 Å². The topological polar surface area (TPSA) is 37.4 Å². The van der Waals surface area contributed by atoms with Crippen LogP contribution in [0.5, 0.6) is 0 Å². The molecule has 0 fully saturated rings. The summed E-state index contributed by atoms with van der Waals surface area (Å²) in [5.74, 6) is -1.69. The molecule has 2 amide bonds. The summed E-state index contributed by atoms with van der Waals surface area (Å²) >= 11 is 5.30. The van der Waals surface area contributed by atoms with Crippen molar-refractivity contribution in [3.05, 3.63) is 35.6 Å². The van der Waals surface area contributed by atoms with E-state index in [9.17, 15) is 14.0 Å². The molecule has 0 radical (unpaired) electrons. The van der Waals surface area contributed by atoms with Crippen LogP contribution >= 0.6 is 11.6 Å². The minimum absolute atomic E-state index is 0.248. The number of alkyl halides is 1. The number of hydrogen-bond donors (Lipinski definition) is 0. The quantitative estimate of drug-likeness (QED) is 0.724. The van der Waals surface area contributed by atoms with E-state index in [-0.39, 0.29) is 11.4 Å². The molecule has 15 heavy (non-hydrogen) atoms. The van der Waals surface area contributed by atoms with Crippen LogP contribution < -0.4 is 0 Å². The SMILES string of the molecule is CN(C(=O)CCl)C(=O)c1ccc(F)cc1. The van der Waals surface area contributed by atoms with E-state index in [0.717, 1.165) is 17.0 Å². The number of benzene rings is 1. The van der Waals surface area contributed by atoms with Crippen LogP contribution in [0.3, 0.4) is 0 Å². The van der Waals surface area contributed by atoms with Gasteiger partial charge in [0.05, 0.1) is 0 Å². The van der Waals surface area contributed by atoms with Gasteiger partial charge in [-0.1, -0.05) is 0 Å². The zero-order valence-corrected chi connectivity index (χ0v) is 8.79. The fourth-order valence-corrected chi connectivity index (χ4v) is 1.17. The van der Waals surface area contributed by atoms with Gasteiger partial charge in [0.1, 0.15) is 11.7 Å². The van der Waals surface area contributed by atoms with E-state index < -0.39 is 17.6 Å². The number of halogens is 2. The highest BCUT2D eigenvalue weighted by Crippen LogP contribution is 2.06. The third kappa shape index (κ3) is 2.76. The zero-order valence-electron chi connectivity index (χ0n) is 8.04. The predicted octanol–water partition coefficient (Wildman–Crippen LogP) is 1.66. The van der Waals surface area contributed by atoms with Crippen molar-refractivity contribution in [1.29, 1.82) is 0 Å². The molecule has 0 heterocycles. The molecule has 0 bridgehead atoms. The van der Waals surface area contributed by atoms with Gasteiger partial charge in [-0.05, 0) is 24.3 Å². The number of rotatable bonds is 2. The van der Waals surface area contributed by atoms with E-state index in [4.69, 9.17) is 11.6 Å². The summed E-state index contributed by atoms with van der Waals surface area (Å²) in [6.07, 6.45) is 0. The molecular weight excluding hydrogens is 221 g/mol. The summed E-state index contributed by atoms with van der Waals surface area (Å²) in [5, 5.41) is 0. The van der Waals surface area contributed by atoms with Crippen LogP contribution in [-0.2, 0) is 4.79 Å². The molecule has 3 nitrogen and oxygen atoms in total. The molecule has 0 unspecified atom stereocenters. The van der Waals surface area contributed by atoms with E-state index >= 15 is 0 Å². The van der Waals surface area contributed by atoms with E-state index in [1.54, 1.807) is 0 Å². The van der Waals surface area contributed by atoms with Crippen LogP contribution in [0.4, 0.5) is 4.39 Å². The molecule has 0 saturated carbocycles. The van der Waals surface area contributed by atoms with Crippen molar-refractivity contribution in [2.24, 2.45) is 0 Å². The van der Waals surface area contributed by atoms with Gasteiger partial charge in [-0.25, -0.2) is 4.39 Å². The maximum absolute atomic E-state index is 12.6. The van der Waals surface area contributed by atoms with Gasteiger partial charge in [0.2, 0.25) is 5.91 Å². The van der Waals surface area contributed by atoms with Crippen LogP contribution in [0.2, 0.25) is 0 Å². The lowest BCUT2D eigenvalue weighted by Crippen LogP contribution is -2.33. The molecule has 5 heteroatoms. The second-order valence-electron chi connectivity index (χ2n) is 2.90. The molecule has 1 rings (SSSR count). The Labute approximate surface area is 91.4 Å². The molecule has 0 aromatic heterocycles. The van der Waals surface area contributed by atoms with Gasteiger partial charge in [-0.15, -0.1) is 11.6 Å². The van der Waals surface area contributed by atoms with Crippen molar-refractivity contribution in [2.75, 3.05) is 12.9 Å². The smallest absolute Gasteiger partial charge is 0.260 e. The molecule has 1 aromatic rings. The average molecular weight is 230 g/mol. The second kappa shape index (κ2) is 4.89. The second-order valence-corrected chi connectivity index (χ2v) is 3.17. The lowest BCUT2D eigenvalue weighted by atomic mass is 10.2. The van der Waals surface area contributed by atoms with Crippen molar-refractivity contribution in [2.45, 2.75) is 0 Å². The van der Waals surface area contributed by atoms with Crippen molar-refractivity contribution < 1.29 is 14.0 Å². The van der Waals surface area contributed by atoms with E-state index in [1.165, 1.54) is 19.2 Å². The summed E-state index contributed by atoms with van der Waals surface area (Å²) in [6, 6.07) is 4.95. The van der Waals surface area contributed by atoms with Crippen LogP contribution in [0.25, 0.3) is 0 Å². The predicted molar refractivity (Wildman–Crippen MR) is 54.2 cm³/mol. The van der Waals surface area contributed by atoms with Gasteiger partial charge in [0, 0.05) is 12.6 Å². The molecule has 0 N–H and O–H groups in total. The van der Waals surface area contributed by atoms with Gasteiger partial charge >= 0.3 is 0 Å². The minimum Gasteiger partial charge on any atom is -0.281 e. The first-order valence-corrected chi connectivity index (χ1v) is 4.72. The molecule has 0 aliphatic heterocycles. The Morgan fingerprint density at radius 2 is 1.87 bits per heavy atom. The fraction of sp³-hybridized carbons (Fsp3) is 0.200. The molecule has 1 aromatic carbocycles. The van der Waals surface area contributed by atoms with E-state index in [1.807, 2.05) is 0 Å². The Kier molecular flexibility index (Phi) is 3.80. The van der Waals surface area contributed by atoms with E-state index in [2.05, 4.69) is 0 Å². The van der Waals surface area contributed by atoms with Crippen LogP contribution in [0.1, 0.15) is 10.4 Å². The molecule has 0 aliphatic rings. The Balaban J connectivity index is 2.85. The first-order chi connectivity index (χ1) is 7.06. The molecule has 0 spiro atoms. The van der Waals surface area contributed by atoms with Crippen molar-refractivity contribution >= 4 is 23.4 Å². The lowest BCUT2D eigenvalue weighted by molar-refractivity contribution is -0.124. The highest BCUT2D eigenvalue weighted by Gasteiger charge is 2.17. The van der Waals surface area contributed by atoms with Crippen molar-refractivity contribution in [3.63, 3.8) is 0 Å². The number of imide groups is 1. The molecular formula is C10H9ClFNO2. The summed E-state index contributed by atoms with van der Waals surface area (Å²) in [4.78, 5) is 23.6. The Morgan fingerprint density at radius 1 is 1.33 bits per heavy atom. The third-order valence-corrected chi connectivity index (χ3v) is 2.11. The Bertz CT molecular complexity index is 378. The van der Waals surface area contributed by atoms with Crippen molar-refractivity contribution in [1.82, 2.24) is 4.90 Å². The fourth-order valence-electron chi connectivity index (χ4n) is 0.989. The standard InChI is InChI=1S/C10H9ClFNO2/c1-13(9(14)6-11)10(15)7-2-4-8(12)5-3-7/h2-5H,6H2,1H3. The molecule has 0 saturated heterocycles. The first kappa shape index (κ1) is 11.7. The van der Waals surface area contributed by atoms with Crippen LogP contribution in [-0.4, -0.2) is 29.6 Å². The number of carbonyl (C=O) groups excluding carboxylic acids is 2. The molecule has 0 aliphatic carbocycles. The van der Waals surface area contributed by atoms with Gasteiger partial charge in [-0.3, -0.25) is 14.5 Å². The highest BCUT2D eigenvalue weighted by molar-refractivity contribution is 6.28. The summed E-state index contributed by atoms with van der Waals surface area (Å²) < 4.78 is 12.6. The number of carbonyl (C=O) groups is 2. The Morgan fingerprint density at radius 3 is 2.33 bits per heavy atom. The summed E-state index contributed by atoms with van der Waals surface area (Å²) in [6.45, 7) is 0. The van der Waals surface area contributed by atoms with Crippen molar-refractivity contribution in [3.8, 4) is 0 Å². The molecule has 80 valence electrons. The van der Waals surface area contributed by atoms with Gasteiger partial charge < -0.3 is 0 Å². The summed E-state index contributed by atoms with van der Waals surface area (Å²) in [7, 11) is 1.33. The van der Waals surface area contributed by atoms with Crippen LogP contribution in [0, 0.1) is 5.82 Å². The van der Waals surface area contributed by atoms with E-state index in [0.29, 0.717) is 0 Å². The number of nitrogens with zero attached hydrogens (tertiary/aromatic N) is 1. The van der Waals surface area contributed by atoms with Crippen LogP contribution in [0.15, 0.2) is 24.3 Å². The highest BCUT2D eigenvalue weighted by atomic mass is 35.5.